The van der Waals surface area contributed by atoms with Gasteiger partial charge in [0.2, 0.25) is 11.8 Å². The van der Waals surface area contributed by atoms with Gasteiger partial charge in [-0.25, -0.2) is 4.68 Å². The van der Waals surface area contributed by atoms with Crippen LogP contribution >= 0.6 is 0 Å². The maximum Gasteiger partial charge on any atom is 0.225 e. The Balaban J connectivity index is 1.57. The summed E-state index contributed by atoms with van der Waals surface area (Å²) in [6.45, 7) is 2.10. The average Bonchev–Trinajstić information content (AvgIpc) is 3.02. The number of nitrogen functional groups attached to an aromatic ring is 1. The van der Waals surface area contributed by atoms with Crippen LogP contribution < -0.4 is 15.4 Å². The topological polar surface area (TPSA) is 104 Å². The zero-order valence-corrected chi connectivity index (χ0v) is 12.2. The molecule has 0 spiro atoms. The van der Waals surface area contributed by atoms with Crippen molar-refractivity contribution in [3.8, 4) is 5.88 Å². The zero-order chi connectivity index (χ0) is 15.1. The lowest BCUT2D eigenvalue weighted by Crippen LogP contribution is -2.48. The van der Waals surface area contributed by atoms with Gasteiger partial charge in [0.05, 0.1) is 37.8 Å². The summed E-state index contributed by atoms with van der Waals surface area (Å²) in [5, 5.41) is 8.15. The van der Waals surface area contributed by atoms with Crippen LogP contribution in [-0.2, 0) is 11.3 Å². The van der Waals surface area contributed by atoms with Gasteiger partial charge in [-0.05, 0) is 6.42 Å². The third kappa shape index (κ3) is 2.13. The monoisotopic (exact) mass is 303 g/mol. The molecule has 0 aromatic carbocycles. The minimum Gasteiger partial charge on any atom is -0.481 e. The lowest BCUT2D eigenvalue weighted by atomic mass is 10.0. The van der Waals surface area contributed by atoms with Gasteiger partial charge in [0, 0.05) is 19.2 Å². The Morgan fingerprint density at radius 2 is 2.32 bits per heavy atom. The number of hydrogen-bond acceptors (Lipinski definition) is 8. The molecule has 0 radical (unpaired) electrons. The Bertz CT molecular complexity index is 689. The molecule has 9 nitrogen and oxygen atoms in total. The van der Waals surface area contributed by atoms with E-state index in [4.69, 9.17) is 15.2 Å². The largest absolute Gasteiger partial charge is 0.481 e. The highest BCUT2D eigenvalue weighted by Gasteiger charge is 2.36. The molecule has 2 atom stereocenters. The van der Waals surface area contributed by atoms with Crippen molar-refractivity contribution < 1.29 is 9.47 Å². The summed E-state index contributed by atoms with van der Waals surface area (Å²) in [5.74, 6) is 1.43. The van der Waals surface area contributed by atoms with Gasteiger partial charge in [-0.3, -0.25) is 0 Å². The van der Waals surface area contributed by atoms with Crippen molar-refractivity contribution in [1.82, 2.24) is 25.0 Å². The first-order chi connectivity index (χ1) is 10.7. The lowest BCUT2D eigenvalue weighted by molar-refractivity contribution is -0.0335. The third-order valence-corrected chi connectivity index (χ3v) is 4.17. The van der Waals surface area contributed by atoms with Gasteiger partial charge in [0.15, 0.2) is 0 Å². The number of anilines is 2. The highest BCUT2D eigenvalue weighted by atomic mass is 16.5. The Hall–Kier alpha value is -2.42. The zero-order valence-electron chi connectivity index (χ0n) is 12.2. The smallest absolute Gasteiger partial charge is 0.225 e. The minimum atomic E-state index is 0.0603. The van der Waals surface area contributed by atoms with Crippen molar-refractivity contribution >= 4 is 11.8 Å². The van der Waals surface area contributed by atoms with Gasteiger partial charge in [-0.2, -0.15) is 9.97 Å². The quantitative estimate of drug-likeness (QED) is 0.827. The van der Waals surface area contributed by atoms with E-state index in [0.717, 1.165) is 31.0 Å². The summed E-state index contributed by atoms with van der Waals surface area (Å²) in [7, 11) is 1.56. The molecule has 2 aliphatic rings. The van der Waals surface area contributed by atoms with Crippen LogP contribution in [0.25, 0.3) is 0 Å². The minimum absolute atomic E-state index is 0.0603. The number of methoxy groups -OCH3 is 1. The molecule has 2 N–H and O–H groups in total. The Labute approximate surface area is 127 Å². The van der Waals surface area contributed by atoms with Crippen molar-refractivity contribution in [3.63, 3.8) is 0 Å². The van der Waals surface area contributed by atoms with Crippen LogP contribution in [-0.4, -0.2) is 51.3 Å². The molecule has 0 aliphatic carbocycles. The van der Waals surface area contributed by atoms with E-state index < -0.39 is 0 Å². The van der Waals surface area contributed by atoms with Crippen molar-refractivity contribution in [2.24, 2.45) is 0 Å². The van der Waals surface area contributed by atoms with E-state index in [1.54, 1.807) is 19.4 Å². The van der Waals surface area contributed by atoms with Gasteiger partial charge in [-0.15, -0.1) is 5.10 Å². The standard InChI is InChI=1S/C13H17N7O2/c1-21-12-4-11(16-13(14)17-12)19-3-2-9-10(6-19)22-7-8-5-15-18-20(8)9/h4-5,9-10H,2-3,6-7H2,1H3,(H2,14,16,17)/t9-,10-/m0/s1. The van der Waals surface area contributed by atoms with Gasteiger partial charge in [0.25, 0.3) is 0 Å². The number of piperidine rings is 1. The molecular formula is C13H17N7O2. The van der Waals surface area contributed by atoms with Crippen LogP contribution in [0.2, 0.25) is 0 Å². The third-order valence-electron chi connectivity index (χ3n) is 4.17. The Kier molecular flexibility index (Phi) is 3.07. The highest BCUT2D eigenvalue weighted by molar-refractivity contribution is 5.46. The first-order valence-corrected chi connectivity index (χ1v) is 7.19. The summed E-state index contributed by atoms with van der Waals surface area (Å²) in [4.78, 5) is 10.5. The number of fused-ring (bicyclic) bond motifs is 3. The van der Waals surface area contributed by atoms with E-state index in [9.17, 15) is 0 Å². The number of hydrogen-bond donors (Lipinski definition) is 1. The fraction of sp³-hybridized carbons (Fsp3) is 0.538. The molecule has 0 saturated carbocycles. The highest BCUT2D eigenvalue weighted by Crippen LogP contribution is 2.32. The van der Waals surface area contributed by atoms with Gasteiger partial charge < -0.3 is 20.1 Å². The van der Waals surface area contributed by atoms with Crippen LogP contribution in [0.1, 0.15) is 18.2 Å². The van der Waals surface area contributed by atoms with E-state index >= 15 is 0 Å². The van der Waals surface area contributed by atoms with Crippen LogP contribution in [0, 0.1) is 0 Å². The molecule has 4 rings (SSSR count). The fourth-order valence-corrected chi connectivity index (χ4v) is 3.09. The predicted molar refractivity (Wildman–Crippen MR) is 77.5 cm³/mol. The van der Waals surface area contributed by atoms with Crippen molar-refractivity contribution in [2.45, 2.75) is 25.2 Å². The molecule has 2 aromatic rings. The number of ether oxygens (including phenoxy) is 2. The second kappa shape index (κ2) is 5.09. The molecular weight excluding hydrogens is 286 g/mol. The molecule has 0 unspecified atom stereocenters. The molecule has 0 bridgehead atoms. The Morgan fingerprint density at radius 1 is 1.41 bits per heavy atom. The fourth-order valence-electron chi connectivity index (χ4n) is 3.09. The summed E-state index contributed by atoms with van der Waals surface area (Å²) >= 11 is 0. The summed E-state index contributed by atoms with van der Waals surface area (Å²) in [6, 6.07) is 2.02. The van der Waals surface area contributed by atoms with Crippen LogP contribution in [0.4, 0.5) is 11.8 Å². The van der Waals surface area contributed by atoms with E-state index in [-0.39, 0.29) is 18.1 Å². The molecule has 2 aromatic heterocycles. The van der Waals surface area contributed by atoms with Crippen LogP contribution in [0.15, 0.2) is 12.3 Å². The van der Waals surface area contributed by atoms with E-state index in [0.29, 0.717) is 12.5 Å². The van der Waals surface area contributed by atoms with Crippen molar-refractivity contribution in [1.29, 1.82) is 0 Å². The summed E-state index contributed by atoms with van der Waals surface area (Å²) in [5.41, 5.74) is 6.77. The van der Waals surface area contributed by atoms with E-state index in [1.165, 1.54) is 0 Å². The number of rotatable bonds is 2. The lowest BCUT2D eigenvalue weighted by Gasteiger charge is -2.41. The predicted octanol–water partition coefficient (Wildman–Crippen LogP) is 0.00910. The molecule has 9 heteroatoms. The van der Waals surface area contributed by atoms with Crippen molar-refractivity contribution in [2.75, 3.05) is 30.8 Å². The molecule has 1 fully saturated rings. The SMILES string of the molecule is COc1cc(N2CC[C@H]3[C@H](C2)OCc2cnnn23)nc(N)n1. The summed E-state index contributed by atoms with van der Waals surface area (Å²) < 4.78 is 13.1. The van der Waals surface area contributed by atoms with Gasteiger partial charge in [0.1, 0.15) is 5.82 Å². The molecule has 0 amide bonds. The second-order valence-corrected chi connectivity index (χ2v) is 5.45. The van der Waals surface area contributed by atoms with Gasteiger partial charge >= 0.3 is 0 Å². The molecule has 116 valence electrons. The second-order valence-electron chi connectivity index (χ2n) is 5.45. The van der Waals surface area contributed by atoms with Crippen molar-refractivity contribution in [3.05, 3.63) is 18.0 Å². The maximum absolute atomic E-state index is 5.96. The number of aromatic nitrogens is 5. The first-order valence-electron chi connectivity index (χ1n) is 7.19. The molecule has 4 heterocycles. The Morgan fingerprint density at radius 3 is 3.18 bits per heavy atom. The van der Waals surface area contributed by atoms with E-state index in [1.807, 2.05) is 4.68 Å². The normalized spacial score (nSPS) is 23.8. The molecule has 22 heavy (non-hydrogen) atoms. The van der Waals surface area contributed by atoms with Crippen LogP contribution in [0.5, 0.6) is 5.88 Å². The first kappa shape index (κ1) is 13.3. The summed E-state index contributed by atoms with van der Waals surface area (Å²) in [6.07, 6.45) is 2.73. The average molecular weight is 303 g/mol. The van der Waals surface area contributed by atoms with Gasteiger partial charge in [-0.1, -0.05) is 5.21 Å². The maximum atomic E-state index is 5.96. The molecule has 1 saturated heterocycles. The molecule has 2 aliphatic heterocycles. The van der Waals surface area contributed by atoms with E-state index in [2.05, 4.69) is 25.2 Å². The van der Waals surface area contributed by atoms with Crippen LogP contribution in [0.3, 0.4) is 0 Å². The number of nitrogens with two attached hydrogens (primary N) is 1. The number of nitrogens with zero attached hydrogens (tertiary/aromatic N) is 6.